The predicted octanol–water partition coefficient (Wildman–Crippen LogP) is -0.392. The molecule has 0 spiro atoms. The Morgan fingerprint density at radius 2 is 2.23 bits per heavy atom. The second kappa shape index (κ2) is 7.11. The summed E-state index contributed by atoms with van der Waals surface area (Å²) in [5, 5.41) is 3.39. The van der Waals surface area contributed by atoms with Gasteiger partial charge in [0, 0.05) is 7.11 Å². The van der Waals surface area contributed by atoms with Crippen molar-refractivity contribution < 1.29 is 19.1 Å². The van der Waals surface area contributed by atoms with Crippen LogP contribution in [0.5, 0.6) is 0 Å². The van der Waals surface area contributed by atoms with Crippen molar-refractivity contribution in [2.75, 3.05) is 20.8 Å². The fourth-order valence-corrected chi connectivity index (χ4v) is 0.426. The van der Waals surface area contributed by atoms with E-state index >= 15 is 0 Å². The number of nitrogens with two attached hydrogens (primary N) is 1. The molecule has 0 heterocycles. The van der Waals surface area contributed by atoms with Crippen LogP contribution in [0.15, 0.2) is 17.5 Å². The van der Waals surface area contributed by atoms with Crippen molar-refractivity contribution in [1.82, 2.24) is 0 Å². The third-order valence-corrected chi connectivity index (χ3v) is 0.928. The van der Waals surface area contributed by atoms with Gasteiger partial charge in [-0.05, 0) is 0 Å². The first-order valence-corrected chi connectivity index (χ1v) is 3.42. The minimum Gasteiger partial charge on any atom is -0.466 e. The number of nitrogens with zero attached hydrogens (tertiary/aromatic N) is 1. The highest BCUT2D eigenvalue weighted by Gasteiger charge is 1.91. The molecule has 0 atom stereocenters. The molecule has 2 N–H and O–H groups in total. The third kappa shape index (κ3) is 6.82. The minimum absolute atomic E-state index is 0.173. The van der Waals surface area contributed by atoms with Gasteiger partial charge in [0.25, 0.3) is 0 Å². The smallest absolute Gasteiger partial charge is 0.333 e. The Morgan fingerprint density at radius 3 is 2.77 bits per heavy atom. The SMILES string of the molecule is COC/C(N)=N/OC=CC(=O)OC. The molecule has 0 aliphatic rings. The molecular formula is C7H12N2O4. The molecule has 0 aliphatic carbocycles. The average molecular weight is 188 g/mol. The molecule has 74 valence electrons. The van der Waals surface area contributed by atoms with Gasteiger partial charge in [0.2, 0.25) is 0 Å². The Bertz CT molecular complexity index is 213. The summed E-state index contributed by atoms with van der Waals surface area (Å²) in [6.07, 6.45) is 2.14. The van der Waals surface area contributed by atoms with Gasteiger partial charge in [0.1, 0.15) is 12.9 Å². The van der Waals surface area contributed by atoms with Crippen molar-refractivity contribution in [2.24, 2.45) is 10.9 Å². The van der Waals surface area contributed by atoms with E-state index in [0.717, 1.165) is 12.3 Å². The number of esters is 1. The molecule has 0 rings (SSSR count). The molecule has 6 heteroatoms. The predicted molar refractivity (Wildman–Crippen MR) is 45.7 cm³/mol. The molecule has 0 aliphatic heterocycles. The molecule has 0 aromatic heterocycles. The number of hydrogen-bond donors (Lipinski definition) is 1. The molecule has 0 radical (unpaired) electrons. The molecule has 0 fully saturated rings. The number of amidine groups is 1. The first-order chi connectivity index (χ1) is 6.20. The maximum Gasteiger partial charge on any atom is 0.333 e. The van der Waals surface area contributed by atoms with Gasteiger partial charge < -0.3 is 20.0 Å². The molecule has 13 heavy (non-hydrogen) atoms. The third-order valence-electron chi connectivity index (χ3n) is 0.928. The maximum atomic E-state index is 10.5. The van der Waals surface area contributed by atoms with Gasteiger partial charge in [-0.3, -0.25) is 0 Å². The van der Waals surface area contributed by atoms with Crippen molar-refractivity contribution in [3.8, 4) is 0 Å². The van der Waals surface area contributed by atoms with E-state index < -0.39 is 5.97 Å². The van der Waals surface area contributed by atoms with Crippen LogP contribution in [0, 0.1) is 0 Å². The molecule has 0 saturated heterocycles. The Morgan fingerprint density at radius 1 is 1.54 bits per heavy atom. The normalized spacial score (nSPS) is 11.7. The molecule has 0 unspecified atom stereocenters. The monoisotopic (exact) mass is 188 g/mol. The fourth-order valence-electron chi connectivity index (χ4n) is 0.426. The highest BCUT2D eigenvalue weighted by atomic mass is 16.6. The van der Waals surface area contributed by atoms with Gasteiger partial charge in [-0.25, -0.2) is 4.79 Å². The molecule has 6 nitrogen and oxygen atoms in total. The van der Waals surface area contributed by atoms with Gasteiger partial charge in [-0.1, -0.05) is 5.16 Å². The van der Waals surface area contributed by atoms with E-state index in [1.807, 2.05) is 0 Å². The lowest BCUT2D eigenvalue weighted by Gasteiger charge is -1.95. The lowest BCUT2D eigenvalue weighted by Crippen LogP contribution is -2.17. The lowest BCUT2D eigenvalue weighted by atomic mass is 10.6. The molecule has 0 saturated carbocycles. The van der Waals surface area contributed by atoms with Crippen molar-refractivity contribution >= 4 is 11.8 Å². The standard InChI is InChI=1S/C7H12N2O4/c1-11-5-6(8)9-13-4-3-7(10)12-2/h3-4H,5H2,1-2H3,(H2,8,9). The summed E-state index contributed by atoms with van der Waals surface area (Å²) in [4.78, 5) is 15.0. The highest BCUT2D eigenvalue weighted by molar-refractivity contribution is 5.82. The average Bonchev–Trinajstić information content (AvgIpc) is 2.12. The highest BCUT2D eigenvalue weighted by Crippen LogP contribution is 1.82. The van der Waals surface area contributed by atoms with E-state index in [0.29, 0.717) is 0 Å². The topological polar surface area (TPSA) is 83.1 Å². The zero-order valence-electron chi connectivity index (χ0n) is 7.52. The van der Waals surface area contributed by atoms with Crippen LogP contribution in [0.4, 0.5) is 0 Å². The summed E-state index contributed by atoms with van der Waals surface area (Å²) >= 11 is 0. The number of carbonyl (C=O) groups excluding carboxylic acids is 1. The van der Waals surface area contributed by atoms with Crippen molar-refractivity contribution in [2.45, 2.75) is 0 Å². The number of ether oxygens (including phenoxy) is 2. The molecule has 0 amide bonds. The minimum atomic E-state index is -0.527. The van der Waals surface area contributed by atoms with Gasteiger partial charge in [-0.2, -0.15) is 0 Å². The van der Waals surface area contributed by atoms with Crippen molar-refractivity contribution in [3.05, 3.63) is 12.3 Å². The Labute approximate surface area is 75.9 Å². The van der Waals surface area contributed by atoms with Gasteiger partial charge in [0.15, 0.2) is 5.84 Å². The summed E-state index contributed by atoms with van der Waals surface area (Å²) < 4.78 is 8.95. The number of rotatable bonds is 5. The van der Waals surface area contributed by atoms with E-state index in [1.54, 1.807) is 0 Å². The quantitative estimate of drug-likeness (QED) is 0.159. The summed E-state index contributed by atoms with van der Waals surface area (Å²) in [7, 11) is 2.74. The van der Waals surface area contributed by atoms with E-state index in [-0.39, 0.29) is 12.4 Å². The van der Waals surface area contributed by atoms with E-state index in [2.05, 4.69) is 19.5 Å². The van der Waals surface area contributed by atoms with E-state index in [9.17, 15) is 4.79 Å². The fraction of sp³-hybridized carbons (Fsp3) is 0.429. The number of methoxy groups -OCH3 is 2. The van der Waals surface area contributed by atoms with Crippen LogP contribution in [0.25, 0.3) is 0 Å². The van der Waals surface area contributed by atoms with Crippen LogP contribution >= 0.6 is 0 Å². The molecule has 0 aromatic carbocycles. The maximum absolute atomic E-state index is 10.5. The summed E-state index contributed by atoms with van der Waals surface area (Å²) in [6.45, 7) is 0.173. The Kier molecular flexibility index (Phi) is 6.26. The number of oxime groups is 1. The molecule has 0 bridgehead atoms. The zero-order chi connectivity index (χ0) is 10.1. The largest absolute Gasteiger partial charge is 0.466 e. The first-order valence-electron chi connectivity index (χ1n) is 3.42. The van der Waals surface area contributed by atoms with Gasteiger partial charge in [-0.15, -0.1) is 0 Å². The van der Waals surface area contributed by atoms with Crippen molar-refractivity contribution in [3.63, 3.8) is 0 Å². The van der Waals surface area contributed by atoms with Crippen LogP contribution < -0.4 is 5.73 Å². The van der Waals surface area contributed by atoms with Crippen molar-refractivity contribution in [1.29, 1.82) is 0 Å². The van der Waals surface area contributed by atoms with Gasteiger partial charge >= 0.3 is 5.97 Å². The first kappa shape index (κ1) is 11.4. The Balaban J connectivity index is 3.70. The summed E-state index contributed by atoms with van der Waals surface area (Å²) in [5.74, 6) is -0.350. The Hall–Kier alpha value is -1.56. The van der Waals surface area contributed by atoms with Crippen LogP contribution in [0.2, 0.25) is 0 Å². The second-order valence-corrected chi connectivity index (χ2v) is 1.95. The van der Waals surface area contributed by atoms with Gasteiger partial charge in [0.05, 0.1) is 13.2 Å². The number of carbonyl (C=O) groups is 1. The zero-order valence-corrected chi connectivity index (χ0v) is 7.52. The van der Waals surface area contributed by atoms with Crippen LogP contribution in [-0.4, -0.2) is 32.6 Å². The number of hydrogen-bond acceptors (Lipinski definition) is 5. The second-order valence-electron chi connectivity index (χ2n) is 1.95. The van der Waals surface area contributed by atoms with E-state index in [4.69, 9.17) is 5.73 Å². The molecular weight excluding hydrogens is 176 g/mol. The van der Waals surface area contributed by atoms with Crippen LogP contribution in [0.1, 0.15) is 0 Å². The summed E-state index contributed by atoms with van der Waals surface area (Å²) in [6, 6.07) is 0. The van der Waals surface area contributed by atoms with Crippen LogP contribution in [0.3, 0.4) is 0 Å². The summed E-state index contributed by atoms with van der Waals surface area (Å²) in [5.41, 5.74) is 5.28. The molecule has 0 aromatic rings. The van der Waals surface area contributed by atoms with E-state index in [1.165, 1.54) is 14.2 Å². The lowest BCUT2D eigenvalue weighted by molar-refractivity contribution is -0.134. The van der Waals surface area contributed by atoms with Crippen LogP contribution in [-0.2, 0) is 19.1 Å².